The highest BCUT2D eigenvalue weighted by atomic mass is 16.5. The number of pyridine rings is 2. The molecule has 178 valence electrons. The van der Waals surface area contributed by atoms with E-state index in [9.17, 15) is 9.59 Å². The van der Waals surface area contributed by atoms with Gasteiger partial charge in [-0.2, -0.15) is 0 Å². The van der Waals surface area contributed by atoms with Crippen molar-refractivity contribution in [3.05, 3.63) is 102 Å². The SMILES string of the molecule is Nc1ncccc1-c1cc(Cc2ccc(COc3ccccn3)cc2)no1.O=C(O)/C=C\C(=O)O. The predicted molar refractivity (Wildman–Crippen MR) is 126 cm³/mol. The standard InChI is InChI=1S/C21H18N4O2.C4H4O4/c22-21-18(4-3-11-24-21)19-13-17(25-27-19)12-15-6-8-16(9-7-15)14-26-20-5-1-2-10-23-20;5-3(6)1-2-4(7)8/h1-11,13H,12,14H2,(H2,22,24);1-2H,(H,5,6)(H,7,8)/b;2-1-. The molecular formula is C25H22N4O6. The number of hydrogen-bond acceptors (Lipinski definition) is 8. The average molecular weight is 474 g/mol. The maximum atomic E-state index is 9.55. The fraction of sp³-hybridized carbons (Fsp3) is 0.0800. The van der Waals surface area contributed by atoms with Crippen LogP contribution in [0.1, 0.15) is 16.8 Å². The van der Waals surface area contributed by atoms with Crippen molar-refractivity contribution < 1.29 is 29.1 Å². The number of benzene rings is 1. The van der Waals surface area contributed by atoms with Crippen LogP contribution in [0.2, 0.25) is 0 Å². The van der Waals surface area contributed by atoms with Crippen LogP contribution >= 0.6 is 0 Å². The lowest BCUT2D eigenvalue weighted by Gasteiger charge is -2.05. The maximum Gasteiger partial charge on any atom is 0.328 e. The molecule has 0 saturated carbocycles. The van der Waals surface area contributed by atoms with Crippen molar-refractivity contribution in [2.75, 3.05) is 5.73 Å². The van der Waals surface area contributed by atoms with E-state index in [1.807, 2.05) is 48.5 Å². The van der Waals surface area contributed by atoms with E-state index in [2.05, 4.69) is 27.3 Å². The van der Waals surface area contributed by atoms with Crippen molar-refractivity contribution in [3.8, 4) is 17.2 Å². The summed E-state index contributed by atoms with van der Waals surface area (Å²) in [4.78, 5) is 27.3. The van der Waals surface area contributed by atoms with E-state index >= 15 is 0 Å². The van der Waals surface area contributed by atoms with E-state index in [0.29, 0.717) is 42.6 Å². The number of carbonyl (C=O) groups is 2. The Morgan fingerprint density at radius 2 is 1.60 bits per heavy atom. The molecule has 0 spiro atoms. The molecule has 0 amide bonds. The van der Waals surface area contributed by atoms with Gasteiger partial charge in [-0.05, 0) is 29.3 Å². The van der Waals surface area contributed by atoms with Gasteiger partial charge in [-0.25, -0.2) is 19.6 Å². The van der Waals surface area contributed by atoms with Crippen LogP contribution < -0.4 is 10.5 Å². The minimum absolute atomic E-state index is 0.428. The summed E-state index contributed by atoms with van der Waals surface area (Å²) in [6, 6.07) is 19.4. The molecule has 10 nitrogen and oxygen atoms in total. The zero-order valence-corrected chi connectivity index (χ0v) is 18.4. The zero-order chi connectivity index (χ0) is 25.0. The third-order valence-electron chi connectivity index (χ3n) is 4.46. The van der Waals surface area contributed by atoms with Crippen molar-refractivity contribution in [2.45, 2.75) is 13.0 Å². The summed E-state index contributed by atoms with van der Waals surface area (Å²) in [6.07, 6.45) is 5.15. The van der Waals surface area contributed by atoms with Crippen LogP contribution in [0, 0.1) is 0 Å². The van der Waals surface area contributed by atoms with Gasteiger partial charge >= 0.3 is 11.9 Å². The van der Waals surface area contributed by atoms with E-state index in [-0.39, 0.29) is 0 Å². The van der Waals surface area contributed by atoms with E-state index in [0.717, 1.165) is 22.4 Å². The van der Waals surface area contributed by atoms with Gasteiger partial charge in [0.05, 0.1) is 11.3 Å². The number of rotatable bonds is 8. The molecule has 4 rings (SSSR count). The second-order valence-electron chi connectivity index (χ2n) is 7.08. The number of ether oxygens (including phenoxy) is 1. The van der Waals surface area contributed by atoms with Gasteiger partial charge in [-0.15, -0.1) is 0 Å². The van der Waals surface area contributed by atoms with Gasteiger partial charge in [0.15, 0.2) is 5.76 Å². The summed E-state index contributed by atoms with van der Waals surface area (Å²) >= 11 is 0. The molecule has 0 atom stereocenters. The lowest BCUT2D eigenvalue weighted by atomic mass is 10.1. The van der Waals surface area contributed by atoms with Crippen molar-refractivity contribution in [2.24, 2.45) is 0 Å². The normalized spacial score (nSPS) is 10.4. The Labute approximate surface area is 200 Å². The molecule has 0 unspecified atom stereocenters. The molecule has 3 heterocycles. The molecule has 0 aliphatic rings. The van der Waals surface area contributed by atoms with E-state index in [4.69, 9.17) is 25.2 Å². The molecule has 35 heavy (non-hydrogen) atoms. The Balaban J connectivity index is 0.000000371. The molecule has 0 aliphatic carbocycles. The van der Waals surface area contributed by atoms with Gasteiger partial charge in [0.25, 0.3) is 0 Å². The number of nitrogens with two attached hydrogens (primary N) is 1. The Morgan fingerprint density at radius 1 is 0.914 bits per heavy atom. The summed E-state index contributed by atoms with van der Waals surface area (Å²) in [5, 5.41) is 19.8. The van der Waals surface area contributed by atoms with Gasteiger partial charge in [0, 0.05) is 43.1 Å². The predicted octanol–water partition coefficient (Wildman–Crippen LogP) is 3.60. The van der Waals surface area contributed by atoms with Crippen molar-refractivity contribution in [1.82, 2.24) is 15.1 Å². The molecule has 1 aromatic carbocycles. The first-order valence-corrected chi connectivity index (χ1v) is 10.3. The van der Waals surface area contributed by atoms with Crippen LogP contribution in [0.25, 0.3) is 11.3 Å². The Kier molecular flexibility index (Phi) is 8.66. The van der Waals surface area contributed by atoms with Gasteiger partial charge in [-0.3, -0.25) is 0 Å². The molecule has 4 N–H and O–H groups in total. The van der Waals surface area contributed by atoms with Crippen LogP contribution in [0.3, 0.4) is 0 Å². The van der Waals surface area contributed by atoms with Crippen LogP contribution in [0.4, 0.5) is 5.82 Å². The van der Waals surface area contributed by atoms with Crippen LogP contribution in [0.5, 0.6) is 5.88 Å². The minimum atomic E-state index is -1.26. The highest BCUT2D eigenvalue weighted by Crippen LogP contribution is 2.25. The monoisotopic (exact) mass is 474 g/mol. The fourth-order valence-electron chi connectivity index (χ4n) is 2.84. The van der Waals surface area contributed by atoms with Crippen molar-refractivity contribution >= 4 is 17.8 Å². The first kappa shape index (κ1) is 24.6. The Hall–Kier alpha value is -4.99. The minimum Gasteiger partial charge on any atom is -0.478 e. The molecule has 10 heteroatoms. The summed E-state index contributed by atoms with van der Waals surface area (Å²) in [6.45, 7) is 0.478. The molecule has 0 bridgehead atoms. The van der Waals surface area contributed by atoms with Crippen molar-refractivity contribution in [3.63, 3.8) is 0 Å². The fourth-order valence-corrected chi connectivity index (χ4v) is 2.84. The number of carboxylic acids is 2. The number of hydrogen-bond donors (Lipinski definition) is 3. The largest absolute Gasteiger partial charge is 0.478 e. The number of nitrogens with zero attached hydrogens (tertiary/aromatic N) is 3. The summed E-state index contributed by atoms with van der Waals surface area (Å²) in [7, 11) is 0. The number of aliphatic carboxylic acids is 2. The maximum absolute atomic E-state index is 9.55. The van der Waals surface area contributed by atoms with E-state index in [1.54, 1.807) is 12.4 Å². The highest BCUT2D eigenvalue weighted by molar-refractivity contribution is 5.89. The van der Waals surface area contributed by atoms with Crippen LogP contribution in [-0.2, 0) is 22.6 Å². The number of carboxylic acid groups (broad SMARTS) is 2. The smallest absolute Gasteiger partial charge is 0.328 e. The van der Waals surface area contributed by atoms with Gasteiger partial charge in [0.1, 0.15) is 12.4 Å². The second-order valence-corrected chi connectivity index (χ2v) is 7.08. The number of aromatic nitrogens is 3. The zero-order valence-electron chi connectivity index (χ0n) is 18.4. The molecule has 0 fully saturated rings. The molecule has 0 aliphatic heterocycles. The van der Waals surface area contributed by atoms with Gasteiger partial charge in [-0.1, -0.05) is 35.5 Å². The van der Waals surface area contributed by atoms with Crippen LogP contribution in [0.15, 0.2) is 89.7 Å². The molecule has 4 aromatic rings. The molecule has 0 saturated heterocycles. The van der Waals surface area contributed by atoms with E-state index in [1.165, 1.54) is 0 Å². The molecule has 0 radical (unpaired) electrons. The third kappa shape index (κ3) is 8.13. The number of anilines is 1. The van der Waals surface area contributed by atoms with Gasteiger partial charge < -0.3 is 25.2 Å². The molecule has 3 aromatic heterocycles. The molecular weight excluding hydrogens is 452 g/mol. The summed E-state index contributed by atoms with van der Waals surface area (Å²) < 4.78 is 11.1. The highest BCUT2D eigenvalue weighted by Gasteiger charge is 2.10. The first-order valence-electron chi connectivity index (χ1n) is 10.3. The quantitative estimate of drug-likeness (QED) is 0.322. The van der Waals surface area contributed by atoms with Crippen molar-refractivity contribution in [1.29, 1.82) is 0 Å². The van der Waals surface area contributed by atoms with Gasteiger partial charge in [0.2, 0.25) is 5.88 Å². The lowest BCUT2D eigenvalue weighted by Crippen LogP contribution is -1.97. The topological polar surface area (TPSA) is 162 Å². The summed E-state index contributed by atoms with van der Waals surface area (Å²) in [5.74, 6) is -0.848. The Morgan fingerprint density at radius 3 is 2.23 bits per heavy atom. The van der Waals surface area contributed by atoms with Crippen LogP contribution in [-0.4, -0.2) is 37.3 Å². The summed E-state index contributed by atoms with van der Waals surface area (Å²) in [5.41, 5.74) is 9.69. The number of nitrogen functional groups attached to an aromatic ring is 1. The average Bonchev–Trinajstić information content (AvgIpc) is 3.32. The van der Waals surface area contributed by atoms with E-state index < -0.39 is 11.9 Å². The second kappa shape index (κ2) is 12.3. The third-order valence-corrected chi connectivity index (χ3v) is 4.46. The lowest BCUT2D eigenvalue weighted by molar-refractivity contribution is -0.134. The first-order chi connectivity index (χ1) is 16.9. The Bertz CT molecular complexity index is 1270.